The van der Waals surface area contributed by atoms with Gasteiger partial charge in [-0.3, -0.25) is 0 Å². The lowest BCUT2D eigenvalue weighted by Gasteiger charge is -2.06. The number of halogens is 1. The van der Waals surface area contributed by atoms with Gasteiger partial charge in [0.15, 0.2) is 0 Å². The van der Waals surface area contributed by atoms with Gasteiger partial charge in [-0.2, -0.15) is 0 Å². The molecular weight excluding hydrogens is 244 g/mol. The number of rotatable bonds is 4. The second-order valence-corrected chi connectivity index (χ2v) is 3.78. The Morgan fingerprint density at radius 2 is 1.78 bits per heavy atom. The van der Waals surface area contributed by atoms with Crippen molar-refractivity contribution in [2.45, 2.75) is 27.7 Å². The molecule has 1 aromatic carbocycles. The van der Waals surface area contributed by atoms with Crippen LogP contribution < -0.4 is 4.74 Å². The Morgan fingerprint density at radius 3 is 2.22 bits per heavy atom. The zero-order valence-corrected chi connectivity index (χ0v) is 12.3. The number of hydrogen-bond acceptors (Lipinski definition) is 1. The van der Waals surface area contributed by atoms with E-state index in [1.165, 1.54) is 5.56 Å². The highest BCUT2D eigenvalue weighted by molar-refractivity contribution is 6.31. The SMILES string of the molecule is C=C/C(Cl)=C\C(=C/C)Oc1ccc(C)cc1.CC. The van der Waals surface area contributed by atoms with E-state index >= 15 is 0 Å². The number of hydrogen-bond donors (Lipinski definition) is 0. The molecule has 1 aromatic rings. The smallest absolute Gasteiger partial charge is 0.127 e. The summed E-state index contributed by atoms with van der Waals surface area (Å²) in [5.41, 5.74) is 1.20. The van der Waals surface area contributed by atoms with Gasteiger partial charge >= 0.3 is 0 Å². The molecule has 0 aliphatic carbocycles. The van der Waals surface area contributed by atoms with Crippen LogP contribution in [0, 0.1) is 6.92 Å². The predicted molar refractivity (Wildman–Crippen MR) is 81.0 cm³/mol. The Kier molecular flexibility index (Phi) is 8.77. The molecule has 0 spiro atoms. The number of aryl methyl sites for hydroxylation is 1. The van der Waals surface area contributed by atoms with Crippen LogP contribution in [0.3, 0.4) is 0 Å². The molecule has 0 saturated carbocycles. The van der Waals surface area contributed by atoms with Crippen LogP contribution in [0.4, 0.5) is 0 Å². The van der Waals surface area contributed by atoms with Crippen molar-refractivity contribution in [3.8, 4) is 5.75 Å². The average Bonchev–Trinajstić information content (AvgIpc) is 2.42. The minimum Gasteiger partial charge on any atom is -0.458 e. The van der Waals surface area contributed by atoms with Gasteiger partial charge < -0.3 is 4.74 Å². The quantitative estimate of drug-likeness (QED) is 0.507. The van der Waals surface area contributed by atoms with E-state index in [1.807, 2.05) is 58.0 Å². The van der Waals surface area contributed by atoms with Gasteiger partial charge in [-0.1, -0.05) is 55.8 Å². The maximum absolute atomic E-state index is 5.85. The predicted octanol–water partition coefficient (Wildman–Crippen LogP) is 5.61. The average molecular weight is 265 g/mol. The lowest BCUT2D eigenvalue weighted by molar-refractivity contribution is 0.443. The van der Waals surface area contributed by atoms with E-state index < -0.39 is 0 Å². The van der Waals surface area contributed by atoms with Crippen molar-refractivity contribution >= 4 is 11.6 Å². The van der Waals surface area contributed by atoms with Crippen molar-refractivity contribution in [3.63, 3.8) is 0 Å². The summed E-state index contributed by atoms with van der Waals surface area (Å²) in [6.07, 6.45) is 5.16. The second kappa shape index (κ2) is 9.55. The van der Waals surface area contributed by atoms with Crippen molar-refractivity contribution in [2.24, 2.45) is 0 Å². The first-order chi connectivity index (χ1) is 8.65. The largest absolute Gasteiger partial charge is 0.458 e. The van der Waals surface area contributed by atoms with Crippen molar-refractivity contribution in [1.29, 1.82) is 0 Å². The summed E-state index contributed by atoms with van der Waals surface area (Å²) in [4.78, 5) is 0. The van der Waals surface area contributed by atoms with Crippen LogP contribution in [0.1, 0.15) is 26.3 Å². The van der Waals surface area contributed by atoms with E-state index in [0.29, 0.717) is 10.8 Å². The number of allylic oxidation sites excluding steroid dienone is 4. The van der Waals surface area contributed by atoms with Crippen LogP contribution in [-0.4, -0.2) is 0 Å². The molecule has 0 fully saturated rings. The maximum Gasteiger partial charge on any atom is 0.127 e. The molecule has 0 radical (unpaired) electrons. The minimum absolute atomic E-state index is 0.556. The Bertz CT molecular complexity index is 413. The highest BCUT2D eigenvalue weighted by Crippen LogP contribution is 2.17. The van der Waals surface area contributed by atoms with Gasteiger partial charge in [-0.25, -0.2) is 0 Å². The molecule has 0 bridgehead atoms. The van der Waals surface area contributed by atoms with Gasteiger partial charge in [-0.15, -0.1) is 0 Å². The van der Waals surface area contributed by atoms with E-state index in [-0.39, 0.29) is 0 Å². The number of benzene rings is 1. The molecule has 98 valence electrons. The first-order valence-electron chi connectivity index (χ1n) is 6.06. The molecule has 1 nitrogen and oxygen atoms in total. The first kappa shape index (κ1) is 16.5. The molecule has 0 unspecified atom stereocenters. The van der Waals surface area contributed by atoms with Gasteiger partial charge in [0, 0.05) is 5.03 Å². The fraction of sp³-hybridized carbons (Fsp3) is 0.250. The van der Waals surface area contributed by atoms with E-state index in [9.17, 15) is 0 Å². The van der Waals surface area contributed by atoms with Gasteiger partial charge in [-0.05, 0) is 38.1 Å². The van der Waals surface area contributed by atoms with Crippen molar-refractivity contribution in [2.75, 3.05) is 0 Å². The molecule has 0 aliphatic heterocycles. The first-order valence-corrected chi connectivity index (χ1v) is 6.44. The maximum atomic E-state index is 5.85. The summed E-state index contributed by atoms with van der Waals surface area (Å²) in [5, 5.41) is 0.556. The minimum atomic E-state index is 0.556. The van der Waals surface area contributed by atoms with Crippen LogP contribution in [0.25, 0.3) is 0 Å². The van der Waals surface area contributed by atoms with Crippen LogP contribution in [0.5, 0.6) is 5.75 Å². The Labute approximate surface area is 115 Å². The molecule has 0 aromatic heterocycles. The third-order valence-corrected chi connectivity index (χ3v) is 2.28. The molecule has 0 atom stereocenters. The highest BCUT2D eigenvalue weighted by Gasteiger charge is 1.97. The summed E-state index contributed by atoms with van der Waals surface area (Å²) in [6.45, 7) is 11.5. The summed E-state index contributed by atoms with van der Waals surface area (Å²) in [5.74, 6) is 1.50. The molecule has 2 heteroatoms. The number of ether oxygens (including phenoxy) is 1. The van der Waals surface area contributed by atoms with Gasteiger partial charge in [0.1, 0.15) is 11.5 Å². The normalized spacial score (nSPS) is 11.4. The summed E-state index contributed by atoms with van der Waals surface area (Å²) in [7, 11) is 0. The standard InChI is InChI=1S/C14H15ClO.C2H6/c1-4-12(15)10-13(5-2)16-14-8-6-11(3)7-9-14;1-2/h4-10H,1H2,2-3H3;1-2H3/b12-10+,13-5+;. The molecule has 1 rings (SSSR count). The van der Waals surface area contributed by atoms with E-state index in [4.69, 9.17) is 16.3 Å². The van der Waals surface area contributed by atoms with Crippen molar-refractivity contribution in [1.82, 2.24) is 0 Å². The van der Waals surface area contributed by atoms with Crippen LogP contribution in [-0.2, 0) is 0 Å². The lowest BCUT2D eigenvalue weighted by Crippen LogP contribution is -1.92. The summed E-state index contributed by atoms with van der Waals surface area (Å²) in [6, 6.07) is 7.85. The molecule has 0 amide bonds. The van der Waals surface area contributed by atoms with Crippen molar-refractivity contribution in [3.05, 3.63) is 65.4 Å². The fourth-order valence-electron chi connectivity index (χ4n) is 1.11. The van der Waals surface area contributed by atoms with E-state index in [2.05, 4.69) is 6.58 Å². The Hall–Kier alpha value is -1.47. The Balaban J connectivity index is 0.00000137. The summed E-state index contributed by atoms with van der Waals surface area (Å²) < 4.78 is 5.64. The lowest BCUT2D eigenvalue weighted by atomic mass is 10.2. The van der Waals surface area contributed by atoms with Crippen LogP contribution >= 0.6 is 11.6 Å². The zero-order chi connectivity index (χ0) is 14.0. The second-order valence-electron chi connectivity index (χ2n) is 3.34. The van der Waals surface area contributed by atoms with E-state index in [0.717, 1.165) is 5.75 Å². The Morgan fingerprint density at radius 1 is 1.22 bits per heavy atom. The van der Waals surface area contributed by atoms with Crippen LogP contribution in [0.15, 0.2) is 59.9 Å². The summed E-state index contributed by atoms with van der Waals surface area (Å²) >= 11 is 5.85. The topological polar surface area (TPSA) is 9.23 Å². The molecule has 0 heterocycles. The van der Waals surface area contributed by atoms with Gasteiger partial charge in [0.05, 0.1) is 0 Å². The molecular formula is C16H21ClO. The molecule has 0 N–H and O–H groups in total. The highest BCUT2D eigenvalue weighted by atomic mass is 35.5. The van der Waals surface area contributed by atoms with Crippen molar-refractivity contribution < 1.29 is 4.74 Å². The zero-order valence-electron chi connectivity index (χ0n) is 11.5. The molecule has 0 saturated heterocycles. The molecule has 0 aliphatic rings. The molecule has 18 heavy (non-hydrogen) atoms. The van der Waals surface area contributed by atoms with Gasteiger partial charge in [0.25, 0.3) is 0 Å². The fourth-order valence-corrected chi connectivity index (χ4v) is 1.22. The van der Waals surface area contributed by atoms with E-state index in [1.54, 1.807) is 12.2 Å². The van der Waals surface area contributed by atoms with Gasteiger partial charge in [0.2, 0.25) is 0 Å². The van der Waals surface area contributed by atoms with Crippen LogP contribution in [0.2, 0.25) is 0 Å². The monoisotopic (exact) mass is 264 g/mol. The third kappa shape index (κ3) is 6.31. The third-order valence-electron chi connectivity index (χ3n) is 2.02.